The summed E-state index contributed by atoms with van der Waals surface area (Å²) in [4.78, 5) is 17.2. The van der Waals surface area contributed by atoms with Crippen molar-refractivity contribution >= 4 is 39.8 Å². The molecule has 7 heteroatoms. The molecule has 0 atom stereocenters. The van der Waals surface area contributed by atoms with Gasteiger partial charge in [0, 0.05) is 23.0 Å². The van der Waals surface area contributed by atoms with Crippen LogP contribution in [-0.4, -0.2) is 31.5 Å². The van der Waals surface area contributed by atoms with Gasteiger partial charge in [0.15, 0.2) is 5.84 Å². The molecule has 170 valence electrons. The van der Waals surface area contributed by atoms with Gasteiger partial charge in [0.1, 0.15) is 5.04 Å². The van der Waals surface area contributed by atoms with Gasteiger partial charge < -0.3 is 4.57 Å². The summed E-state index contributed by atoms with van der Waals surface area (Å²) in [6, 6.07) is 10.5. The molecule has 1 N–H and O–H groups in total. The topological polar surface area (TPSA) is 73.8 Å². The van der Waals surface area contributed by atoms with E-state index in [1.807, 2.05) is 0 Å². The van der Waals surface area contributed by atoms with Crippen molar-refractivity contribution in [2.24, 2.45) is 16.0 Å². The van der Waals surface area contributed by atoms with Crippen molar-refractivity contribution < 1.29 is 4.79 Å². The second-order valence-electron chi connectivity index (χ2n) is 8.94. The maximum Gasteiger partial charge on any atom is 0.283 e. The number of benzene rings is 1. The molecule has 0 bridgehead atoms. The molecule has 1 fully saturated rings. The largest absolute Gasteiger partial charge is 0.318 e. The van der Waals surface area contributed by atoms with Crippen LogP contribution in [0.2, 0.25) is 0 Å². The molecule has 1 aliphatic carbocycles. The highest BCUT2D eigenvalue weighted by molar-refractivity contribution is 8.27. The first-order valence-electron chi connectivity index (χ1n) is 11.7. The Bertz CT molecular complexity index is 1230. The quantitative estimate of drug-likeness (QED) is 0.582. The summed E-state index contributed by atoms with van der Waals surface area (Å²) in [5.74, 6) is 0.171. The number of aromatic nitrogens is 1. The SMILES string of the molecule is CCc1ccccc1-n1c(C)cc(/C=C2\C(=N)N3N=C(C4CCCCC4)SC3=NC2=O)c1C. The van der Waals surface area contributed by atoms with Crippen LogP contribution in [-0.2, 0) is 11.2 Å². The van der Waals surface area contributed by atoms with E-state index in [4.69, 9.17) is 10.5 Å². The van der Waals surface area contributed by atoms with Crippen LogP contribution in [0.15, 0.2) is 46.0 Å². The average molecular weight is 460 g/mol. The Morgan fingerprint density at radius 3 is 2.70 bits per heavy atom. The highest BCUT2D eigenvalue weighted by atomic mass is 32.2. The molecule has 33 heavy (non-hydrogen) atoms. The monoisotopic (exact) mass is 459 g/mol. The van der Waals surface area contributed by atoms with Crippen LogP contribution in [0, 0.1) is 25.2 Å². The standard InChI is InChI=1S/C26H29N5OS/c1-4-18-10-8-9-13-22(18)30-16(2)14-20(17(30)3)15-21-23(27)31-26(28-24(21)32)33-25(29-31)19-11-6-5-7-12-19/h8-10,13-15,19,27H,4-7,11-12H2,1-3H3/b21-15+,27-23?. The fraction of sp³-hybridized carbons (Fsp3) is 0.385. The number of fused-ring (bicyclic) bond motifs is 1. The van der Waals surface area contributed by atoms with E-state index in [1.165, 1.54) is 36.6 Å². The first-order chi connectivity index (χ1) is 16.0. The van der Waals surface area contributed by atoms with Gasteiger partial charge in [-0.25, -0.2) is 0 Å². The number of para-hydroxylation sites is 1. The van der Waals surface area contributed by atoms with Gasteiger partial charge in [-0.1, -0.05) is 44.4 Å². The number of nitrogens with zero attached hydrogens (tertiary/aromatic N) is 4. The summed E-state index contributed by atoms with van der Waals surface area (Å²) in [6.07, 6.45) is 8.71. The molecule has 2 aliphatic heterocycles. The number of carbonyl (C=O) groups excluding carboxylic acids is 1. The molecule has 2 aromatic rings. The Morgan fingerprint density at radius 2 is 1.94 bits per heavy atom. The molecule has 1 aromatic carbocycles. The summed E-state index contributed by atoms with van der Waals surface area (Å²) in [7, 11) is 0. The lowest BCUT2D eigenvalue weighted by molar-refractivity contribution is -0.114. The number of aliphatic imine (C=N–C) groups is 1. The Labute approximate surface area is 199 Å². The van der Waals surface area contributed by atoms with Crippen molar-refractivity contribution in [1.29, 1.82) is 5.41 Å². The molecule has 0 radical (unpaired) electrons. The smallest absolute Gasteiger partial charge is 0.283 e. The predicted octanol–water partition coefficient (Wildman–Crippen LogP) is 5.86. The van der Waals surface area contributed by atoms with E-state index in [0.29, 0.717) is 11.1 Å². The number of aryl methyl sites for hydroxylation is 2. The number of thioether (sulfide) groups is 1. The van der Waals surface area contributed by atoms with Gasteiger partial charge >= 0.3 is 0 Å². The van der Waals surface area contributed by atoms with Crippen molar-refractivity contribution in [2.45, 2.75) is 59.3 Å². The van der Waals surface area contributed by atoms with Crippen molar-refractivity contribution in [3.05, 3.63) is 58.4 Å². The highest BCUT2D eigenvalue weighted by Gasteiger charge is 2.38. The van der Waals surface area contributed by atoms with E-state index in [9.17, 15) is 4.79 Å². The van der Waals surface area contributed by atoms with E-state index in [0.717, 1.165) is 46.9 Å². The zero-order valence-electron chi connectivity index (χ0n) is 19.4. The summed E-state index contributed by atoms with van der Waals surface area (Å²) in [5, 5.41) is 16.5. The zero-order valence-corrected chi connectivity index (χ0v) is 20.2. The second kappa shape index (κ2) is 8.78. The van der Waals surface area contributed by atoms with Crippen LogP contribution in [0.5, 0.6) is 0 Å². The molecule has 3 heterocycles. The maximum atomic E-state index is 12.9. The van der Waals surface area contributed by atoms with E-state index < -0.39 is 0 Å². The van der Waals surface area contributed by atoms with Gasteiger partial charge in [-0.05, 0) is 74.2 Å². The number of carbonyl (C=O) groups is 1. The van der Waals surface area contributed by atoms with E-state index in [2.05, 4.69) is 60.7 Å². The lowest BCUT2D eigenvalue weighted by Gasteiger charge is -2.20. The van der Waals surface area contributed by atoms with Crippen molar-refractivity contribution in [2.75, 3.05) is 0 Å². The van der Waals surface area contributed by atoms with E-state index in [-0.39, 0.29) is 17.3 Å². The van der Waals surface area contributed by atoms with Gasteiger partial charge in [-0.3, -0.25) is 10.2 Å². The first kappa shape index (κ1) is 21.9. The van der Waals surface area contributed by atoms with Crippen LogP contribution in [0.4, 0.5) is 0 Å². The van der Waals surface area contributed by atoms with Gasteiger partial charge in [-0.2, -0.15) is 15.1 Å². The highest BCUT2D eigenvalue weighted by Crippen LogP contribution is 2.36. The number of amidine groups is 2. The third kappa shape index (κ3) is 3.88. The molecular formula is C26H29N5OS. The van der Waals surface area contributed by atoms with Crippen molar-refractivity contribution in [3.63, 3.8) is 0 Å². The minimum absolute atomic E-state index is 0.113. The fourth-order valence-corrected chi connectivity index (χ4v) is 6.07. The number of hydrogen-bond donors (Lipinski definition) is 1. The van der Waals surface area contributed by atoms with E-state index in [1.54, 1.807) is 11.1 Å². The molecule has 5 rings (SSSR count). The average Bonchev–Trinajstić information content (AvgIpc) is 3.37. The van der Waals surface area contributed by atoms with Gasteiger partial charge in [0.25, 0.3) is 5.91 Å². The zero-order chi connectivity index (χ0) is 23.1. The number of hydrogen-bond acceptors (Lipinski definition) is 4. The number of amides is 1. The van der Waals surface area contributed by atoms with Crippen LogP contribution in [0.1, 0.15) is 61.5 Å². The van der Waals surface area contributed by atoms with E-state index >= 15 is 0 Å². The molecule has 0 spiro atoms. The van der Waals surface area contributed by atoms with Crippen LogP contribution >= 0.6 is 11.8 Å². The number of nitrogens with one attached hydrogen (secondary N) is 1. The molecule has 0 unspecified atom stereocenters. The summed E-state index contributed by atoms with van der Waals surface area (Å²) < 4.78 is 2.22. The van der Waals surface area contributed by atoms with Crippen LogP contribution in [0.25, 0.3) is 11.8 Å². The summed E-state index contributed by atoms with van der Waals surface area (Å²) in [6.45, 7) is 6.29. The van der Waals surface area contributed by atoms with Gasteiger partial charge in [0.05, 0.1) is 5.57 Å². The second-order valence-corrected chi connectivity index (χ2v) is 9.92. The Morgan fingerprint density at radius 1 is 1.18 bits per heavy atom. The number of hydrazone groups is 1. The maximum absolute atomic E-state index is 12.9. The molecule has 1 saturated carbocycles. The van der Waals surface area contributed by atoms with Gasteiger partial charge in [-0.15, -0.1) is 0 Å². The first-order valence-corrected chi connectivity index (χ1v) is 12.6. The number of rotatable bonds is 4. The minimum atomic E-state index is -0.363. The summed E-state index contributed by atoms with van der Waals surface area (Å²) >= 11 is 1.46. The van der Waals surface area contributed by atoms with Crippen LogP contribution < -0.4 is 0 Å². The fourth-order valence-electron chi connectivity index (χ4n) is 5.01. The third-order valence-electron chi connectivity index (χ3n) is 6.81. The lowest BCUT2D eigenvalue weighted by atomic mass is 9.90. The molecule has 3 aliphatic rings. The minimum Gasteiger partial charge on any atom is -0.318 e. The van der Waals surface area contributed by atoms with Crippen molar-refractivity contribution in [3.8, 4) is 5.69 Å². The summed E-state index contributed by atoms with van der Waals surface area (Å²) in [5.41, 5.74) is 5.77. The molecule has 0 saturated heterocycles. The molecule has 1 amide bonds. The van der Waals surface area contributed by atoms with Gasteiger partial charge in [0.2, 0.25) is 5.17 Å². The van der Waals surface area contributed by atoms with Crippen LogP contribution in [0.3, 0.4) is 0 Å². The van der Waals surface area contributed by atoms with Crippen molar-refractivity contribution in [1.82, 2.24) is 9.58 Å². The Hall–Kier alpha value is -2.93. The Kier molecular flexibility index (Phi) is 5.83. The predicted molar refractivity (Wildman–Crippen MR) is 136 cm³/mol. The Balaban J connectivity index is 1.49. The molecule has 1 aromatic heterocycles. The normalized spacial score (nSPS) is 20.3. The third-order valence-corrected chi connectivity index (χ3v) is 7.88. The molecular weight excluding hydrogens is 430 g/mol. The lowest BCUT2D eigenvalue weighted by Crippen LogP contribution is -2.35. The molecule has 6 nitrogen and oxygen atoms in total.